The van der Waals surface area contributed by atoms with Crippen LogP contribution in [-0.2, 0) is 22.6 Å². The minimum absolute atomic E-state index is 0.0479. The van der Waals surface area contributed by atoms with Gasteiger partial charge >= 0.3 is 0 Å². The van der Waals surface area contributed by atoms with E-state index in [1.54, 1.807) is 17.6 Å². The van der Waals surface area contributed by atoms with Crippen molar-refractivity contribution in [2.75, 3.05) is 26.3 Å². The zero-order valence-corrected chi connectivity index (χ0v) is 14.7. The van der Waals surface area contributed by atoms with E-state index >= 15 is 0 Å². The second-order valence-corrected chi connectivity index (χ2v) is 7.71. The van der Waals surface area contributed by atoms with E-state index in [4.69, 9.17) is 13.9 Å². The average Bonchev–Trinajstić information content (AvgIpc) is 3.32. The lowest BCUT2D eigenvalue weighted by atomic mass is 9.89. The molecular formula is C18H24N2O3S. The molecule has 130 valence electrons. The normalized spacial score (nSPS) is 27.9. The van der Waals surface area contributed by atoms with E-state index in [9.17, 15) is 0 Å². The van der Waals surface area contributed by atoms with Crippen LogP contribution in [0, 0.1) is 5.92 Å². The summed E-state index contributed by atoms with van der Waals surface area (Å²) in [5.74, 6) is 1.50. The molecule has 5 nitrogen and oxygen atoms in total. The third-order valence-electron chi connectivity index (χ3n) is 5.17. The highest BCUT2D eigenvalue weighted by Gasteiger charge is 2.47. The van der Waals surface area contributed by atoms with Crippen LogP contribution in [0.3, 0.4) is 0 Å². The van der Waals surface area contributed by atoms with Gasteiger partial charge in [0.2, 0.25) is 0 Å². The molecule has 2 aliphatic rings. The molecule has 0 unspecified atom stereocenters. The fourth-order valence-corrected chi connectivity index (χ4v) is 4.55. The van der Waals surface area contributed by atoms with Crippen molar-refractivity contribution in [1.29, 1.82) is 0 Å². The summed E-state index contributed by atoms with van der Waals surface area (Å²) >= 11 is 1.65. The topological polar surface area (TPSA) is 47.7 Å². The standard InChI is InChI=1S/C18H24N2O3S/c1-3-15(12-21-13-17-19-6-10-24-17)18(5-1)14-20(7-9-23-18)11-16-4-2-8-22-16/h2,4,6,8,10,15H,1,3,5,7,9,11-14H2/t15-,18+/m0/s1. The lowest BCUT2D eigenvalue weighted by Crippen LogP contribution is -2.54. The quantitative estimate of drug-likeness (QED) is 0.801. The van der Waals surface area contributed by atoms with Crippen molar-refractivity contribution in [3.05, 3.63) is 40.7 Å². The molecule has 4 rings (SSSR count). The molecule has 2 aromatic heterocycles. The van der Waals surface area contributed by atoms with E-state index in [0.29, 0.717) is 12.5 Å². The summed E-state index contributed by atoms with van der Waals surface area (Å²) in [6, 6.07) is 4.00. The van der Waals surface area contributed by atoms with Crippen LogP contribution >= 0.6 is 11.3 Å². The number of morpholine rings is 1. The van der Waals surface area contributed by atoms with Crippen LogP contribution in [0.5, 0.6) is 0 Å². The van der Waals surface area contributed by atoms with Crippen LogP contribution in [0.15, 0.2) is 34.4 Å². The van der Waals surface area contributed by atoms with Crippen LogP contribution in [-0.4, -0.2) is 41.8 Å². The lowest BCUT2D eigenvalue weighted by molar-refractivity contribution is -0.144. The van der Waals surface area contributed by atoms with Gasteiger partial charge in [0.25, 0.3) is 0 Å². The maximum atomic E-state index is 6.31. The van der Waals surface area contributed by atoms with E-state index in [1.165, 1.54) is 12.8 Å². The lowest BCUT2D eigenvalue weighted by Gasteiger charge is -2.43. The minimum atomic E-state index is -0.0479. The van der Waals surface area contributed by atoms with Crippen molar-refractivity contribution < 1.29 is 13.9 Å². The largest absolute Gasteiger partial charge is 0.468 e. The van der Waals surface area contributed by atoms with Gasteiger partial charge in [0.15, 0.2) is 0 Å². The number of furan rings is 1. The Balaban J connectivity index is 1.35. The van der Waals surface area contributed by atoms with Gasteiger partial charge in [-0.3, -0.25) is 4.90 Å². The molecule has 1 aliphatic carbocycles. The van der Waals surface area contributed by atoms with Gasteiger partial charge < -0.3 is 13.9 Å². The van der Waals surface area contributed by atoms with Crippen molar-refractivity contribution in [2.45, 2.75) is 38.0 Å². The number of hydrogen-bond acceptors (Lipinski definition) is 6. The molecule has 24 heavy (non-hydrogen) atoms. The Bertz CT molecular complexity index is 616. The number of hydrogen-bond donors (Lipinski definition) is 0. The van der Waals surface area contributed by atoms with Crippen LogP contribution in [0.4, 0.5) is 0 Å². The van der Waals surface area contributed by atoms with Crippen molar-refractivity contribution in [3.8, 4) is 0 Å². The molecule has 2 atom stereocenters. The Hall–Kier alpha value is -1.21. The second kappa shape index (κ2) is 7.35. The van der Waals surface area contributed by atoms with Gasteiger partial charge in [-0.05, 0) is 25.0 Å². The predicted octanol–water partition coefficient (Wildman–Crippen LogP) is 3.32. The van der Waals surface area contributed by atoms with Crippen molar-refractivity contribution in [2.24, 2.45) is 5.92 Å². The molecule has 0 bridgehead atoms. The zero-order chi connectivity index (χ0) is 16.2. The van der Waals surface area contributed by atoms with Gasteiger partial charge in [-0.25, -0.2) is 4.98 Å². The van der Waals surface area contributed by atoms with Gasteiger partial charge in [0, 0.05) is 30.6 Å². The summed E-state index contributed by atoms with van der Waals surface area (Å²) in [5, 5.41) is 3.04. The first-order chi connectivity index (χ1) is 11.8. The smallest absolute Gasteiger partial charge is 0.118 e. The maximum absolute atomic E-state index is 6.31. The third kappa shape index (κ3) is 3.57. The molecule has 1 aliphatic heterocycles. The number of ether oxygens (including phenoxy) is 2. The molecule has 0 aromatic carbocycles. The molecule has 2 aromatic rings. The SMILES string of the molecule is c1coc(CN2CCO[C@]3(CCC[C@H]3COCc3nccs3)C2)c1. The molecule has 0 radical (unpaired) electrons. The summed E-state index contributed by atoms with van der Waals surface area (Å²) in [6.45, 7) is 4.97. The zero-order valence-electron chi connectivity index (χ0n) is 13.9. The van der Waals surface area contributed by atoms with Crippen molar-refractivity contribution >= 4 is 11.3 Å². The molecule has 6 heteroatoms. The Morgan fingerprint density at radius 2 is 2.46 bits per heavy atom. The van der Waals surface area contributed by atoms with Gasteiger partial charge in [0.05, 0.1) is 38.2 Å². The van der Waals surface area contributed by atoms with E-state index < -0.39 is 0 Å². The highest BCUT2D eigenvalue weighted by Crippen LogP contribution is 2.41. The van der Waals surface area contributed by atoms with Crippen molar-refractivity contribution in [3.63, 3.8) is 0 Å². The first-order valence-corrected chi connectivity index (χ1v) is 9.57. The van der Waals surface area contributed by atoms with Gasteiger partial charge in [-0.15, -0.1) is 11.3 Å². The number of aromatic nitrogens is 1. The fourth-order valence-electron chi connectivity index (χ4n) is 4.00. The molecule has 1 spiro atoms. The molecule has 0 N–H and O–H groups in total. The Labute approximate surface area is 146 Å². The van der Waals surface area contributed by atoms with Crippen LogP contribution in [0.25, 0.3) is 0 Å². The van der Waals surface area contributed by atoms with Crippen LogP contribution in [0.2, 0.25) is 0 Å². The molecule has 2 fully saturated rings. The maximum Gasteiger partial charge on any atom is 0.118 e. The second-order valence-electron chi connectivity index (χ2n) is 6.73. The molecular weight excluding hydrogens is 324 g/mol. The highest BCUT2D eigenvalue weighted by atomic mass is 32.1. The number of nitrogens with zero attached hydrogens (tertiary/aromatic N) is 2. The first kappa shape index (κ1) is 16.3. The van der Waals surface area contributed by atoms with Gasteiger partial charge in [-0.2, -0.15) is 0 Å². The van der Waals surface area contributed by atoms with Crippen molar-refractivity contribution in [1.82, 2.24) is 9.88 Å². The predicted molar refractivity (Wildman–Crippen MR) is 91.8 cm³/mol. The van der Waals surface area contributed by atoms with Crippen LogP contribution < -0.4 is 0 Å². The van der Waals surface area contributed by atoms with Gasteiger partial charge in [0.1, 0.15) is 10.8 Å². The average molecular weight is 348 g/mol. The minimum Gasteiger partial charge on any atom is -0.468 e. The number of rotatable bonds is 6. The van der Waals surface area contributed by atoms with E-state index in [2.05, 4.69) is 9.88 Å². The summed E-state index contributed by atoms with van der Waals surface area (Å²) in [6.07, 6.45) is 7.12. The first-order valence-electron chi connectivity index (χ1n) is 8.69. The molecule has 3 heterocycles. The summed E-state index contributed by atoms with van der Waals surface area (Å²) in [5.41, 5.74) is -0.0479. The summed E-state index contributed by atoms with van der Waals surface area (Å²) in [7, 11) is 0. The van der Waals surface area contributed by atoms with Crippen LogP contribution in [0.1, 0.15) is 30.0 Å². The number of thiazole rings is 1. The van der Waals surface area contributed by atoms with E-state index in [0.717, 1.165) is 50.0 Å². The monoisotopic (exact) mass is 348 g/mol. The summed E-state index contributed by atoms with van der Waals surface area (Å²) in [4.78, 5) is 6.74. The Morgan fingerprint density at radius 1 is 1.46 bits per heavy atom. The Kier molecular flexibility index (Phi) is 4.98. The third-order valence-corrected chi connectivity index (χ3v) is 5.93. The fraction of sp³-hybridized carbons (Fsp3) is 0.611. The summed E-state index contributed by atoms with van der Waals surface area (Å²) < 4.78 is 17.8. The van der Waals surface area contributed by atoms with Gasteiger partial charge in [-0.1, -0.05) is 6.42 Å². The molecule has 1 saturated carbocycles. The van der Waals surface area contributed by atoms with E-state index in [1.807, 2.05) is 23.7 Å². The molecule has 1 saturated heterocycles. The highest BCUT2D eigenvalue weighted by molar-refractivity contribution is 7.09. The molecule has 0 amide bonds. The van der Waals surface area contributed by atoms with E-state index in [-0.39, 0.29) is 5.60 Å². The Morgan fingerprint density at radius 3 is 3.29 bits per heavy atom.